The number of nitrogens with one attached hydrogen (secondary N) is 1. The number of benzene rings is 1. The van der Waals surface area contributed by atoms with Crippen molar-refractivity contribution in [1.82, 2.24) is 14.5 Å². The van der Waals surface area contributed by atoms with Crippen LogP contribution in [-0.2, 0) is 10.0 Å². The summed E-state index contributed by atoms with van der Waals surface area (Å²) in [7, 11) is -3.72. The van der Waals surface area contributed by atoms with Crippen molar-refractivity contribution in [3.8, 4) is 0 Å². The monoisotopic (exact) mass is 433 g/mol. The Balaban J connectivity index is 0.00000208. The zero-order chi connectivity index (χ0) is 16.6. The van der Waals surface area contributed by atoms with E-state index in [1.165, 1.54) is 16.4 Å². The maximum Gasteiger partial charge on any atom is 0.246 e. The number of piperazine rings is 1. The first-order chi connectivity index (χ1) is 10.9. The molecule has 0 radical (unpaired) electrons. The molecule has 24 heavy (non-hydrogen) atoms. The van der Waals surface area contributed by atoms with Gasteiger partial charge in [-0.2, -0.15) is 4.31 Å². The van der Waals surface area contributed by atoms with Gasteiger partial charge in [-0.05, 0) is 25.1 Å². The molecule has 2 heterocycles. The molecule has 5 nitrogen and oxygen atoms in total. The standard InChI is InChI=1S/C14H18Cl3N3O2S.ClH/c15-10-7-12(16)14(13(17)8-10)23(21,22)20-5-3-19(4-6-20)11-1-2-18-9-11;/h7-8,11,18H,1-6,9H2;1H. The van der Waals surface area contributed by atoms with Crippen LogP contribution >= 0.6 is 47.2 Å². The summed E-state index contributed by atoms with van der Waals surface area (Å²) in [5.74, 6) is 0. The van der Waals surface area contributed by atoms with Gasteiger partial charge < -0.3 is 5.32 Å². The van der Waals surface area contributed by atoms with Gasteiger partial charge in [-0.25, -0.2) is 8.42 Å². The number of hydrogen-bond acceptors (Lipinski definition) is 4. The maximum atomic E-state index is 12.9. The fourth-order valence-electron chi connectivity index (χ4n) is 3.16. The first-order valence-corrected chi connectivity index (χ1v) is 10.1. The molecule has 0 aliphatic carbocycles. The fraction of sp³-hybridized carbons (Fsp3) is 0.571. The fourth-order valence-corrected chi connectivity index (χ4v) is 6.08. The molecule has 1 aromatic carbocycles. The Labute approximate surface area is 163 Å². The smallest absolute Gasteiger partial charge is 0.246 e. The number of halogens is 4. The van der Waals surface area contributed by atoms with E-state index < -0.39 is 10.0 Å². The average molecular weight is 435 g/mol. The minimum Gasteiger partial charge on any atom is -0.315 e. The van der Waals surface area contributed by atoms with Gasteiger partial charge in [0.25, 0.3) is 0 Å². The Bertz CT molecular complexity index is 664. The second kappa shape index (κ2) is 8.27. The first-order valence-electron chi connectivity index (χ1n) is 7.49. The summed E-state index contributed by atoms with van der Waals surface area (Å²) >= 11 is 18.0. The van der Waals surface area contributed by atoms with Gasteiger partial charge in [-0.1, -0.05) is 34.8 Å². The molecular formula is C14H19Cl4N3O2S. The normalized spacial score (nSPS) is 23.2. The van der Waals surface area contributed by atoms with Crippen molar-refractivity contribution in [2.45, 2.75) is 17.4 Å². The van der Waals surface area contributed by atoms with E-state index in [1.807, 2.05) is 0 Å². The lowest BCUT2D eigenvalue weighted by Crippen LogP contribution is -2.52. The Morgan fingerprint density at radius 2 is 1.62 bits per heavy atom. The van der Waals surface area contributed by atoms with Crippen LogP contribution in [0.5, 0.6) is 0 Å². The molecule has 2 aliphatic rings. The molecule has 1 unspecified atom stereocenters. The highest BCUT2D eigenvalue weighted by atomic mass is 35.5. The third kappa shape index (κ3) is 4.13. The van der Waals surface area contributed by atoms with Crippen molar-refractivity contribution in [2.75, 3.05) is 39.3 Å². The molecule has 2 fully saturated rings. The van der Waals surface area contributed by atoms with Crippen LogP contribution in [0, 0.1) is 0 Å². The molecule has 2 aliphatic heterocycles. The largest absolute Gasteiger partial charge is 0.315 e. The summed E-state index contributed by atoms with van der Waals surface area (Å²) in [6.07, 6.45) is 1.11. The molecule has 3 rings (SSSR count). The van der Waals surface area contributed by atoms with Crippen molar-refractivity contribution in [3.63, 3.8) is 0 Å². The number of rotatable bonds is 3. The molecule has 2 saturated heterocycles. The molecule has 0 aromatic heterocycles. The number of sulfonamides is 1. The lowest BCUT2D eigenvalue weighted by molar-refractivity contribution is 0.145. The van der Waals surface area contributed by atoms with Crippen molar-refractivity contribution in [1.29, 1.82) is 0 Å². The minimum absolute atomic E-state index is 0. The van der Waals surface area contributed by atoms with Crippen molar-refractivity contribution in [3.05, 3.63) is 27.2 Å². The summed E-state index contributed by atoms with van der Waals surface area (Å²) in [5, 5.41) is 3.77. The van der Waals surface area contributed by atoms with Gasteiger partial charge >= 0.3 is 0 Å². The van der Waals surface area contributed by atoms with Gasteiger partial charge in [0.2, 0.25) is 10.0 Å². The third-order valence-corrected chi connectivity index (χ3v) is 7.42. The molecule has 0 bridgehead atoms. The highest BCUT2D eigenvalue weighted by Gasteiger charge is 2.34. The molecule has 0 saturated carbocycles. The van der Waals surface area contributed by atoms with E-state index in [0.29, 0.717) is 37.2 Å². The van der Waals surface area contributed by atoms with Crippen LogP contribution in [0.25, 0.3) is 0 Å². The molecule has 10 heteroatoms. The predicted molar refractivity (Wildman–Crippen MR) is 100 cm³/mol. The maximum absolute atomic E-state index is 12.9. The van der Waals surface area contributed by atoms with Crippen LogP contribution in [0.15, 0.2) is 17.0 Å². The zero-order valence-corrected chi connectivity index (χ0v) is 16.7. The van der Waals surface area contributed by atoms with Crippen LogP contribution in [0.3, 0.4) is 0 Å². The Hall–Kier alpha value is 0.210. The second-order valence-electron chi connectivity index (χ2n) is 5.79. The lowest BCUT2D eigenvalue weighted by Gasteiger charge is -2.37. The van der Waals surface area contributed by atoms with Crippen LogP contribution < -0.4 is 5.32 Å². The van der Waals surface area contributed by atoms with Gasteiger partial charge in [-0.15, -0.1) is 12.4 Å². The van der Waals surface area contributed by atoms with E-state index in [1.54, 1.807) is 0 Å². The molecule has 1 atom stereocenters. The van der Waals surface area contributed by atoms with Crippen LogP contribution in [0.2, 0.25) is 15.1 Å². The Kier molecular flexibility index (Phi) is 7.07. The summed E-state index contributed by atoms with van der Waals surface area (Å²) in [6, 6.07) is 3.31. The van der Waals surface area contributed by atoms with Gasteiger partial charge in [0.05, 0.1) is 10.0 Å². The summed E-state index contributed by atoms with van der Waals surface area (Å²) in [4.78, 5) is 2.29. The minimum atomic E-state index is -3.72. The molecule has 0 spiro atoms. The summed E-state index contributed by atoms with van der Waals surface area (Å²) in [6.45, 7) is 4.31. The quantitative estimate of drug-likeness (QED) is 0.794. The van der Waals surface area contributed by atoms with E-state index in [2.05, 4.69) is 10.2 Å². The predicted octanol–water partition coefficient (Wildman–Crippen LogP) is 2.74. The van der Waals surface area contributed by atoms with Crippen molar-refractivity contribution >= 4 is 57.2 Å². The molecule has 0 amide bonds. The van der Waals surface area contributed by atoms with Gasteiger partial charge in [-0.3, -0.25) is 4.90 Å². The van der Waals surface area contributed by atoms with Crippen LogP contribution in [0.4, 0.5) is 0 Å². The second-order valence-corrected chi connectivity index (χ2v) is 8.91. The lowest BCUT2D eigenvalue weighted by atomic mass is 10.2. The molecular weight excluding hydrogens is 416 g/mol. The summed E-state index contributed by atoms with van der Waals surface area (Å²) in [5.41, 5.74) is 0. The first kappa shape index (κ1) is 20.5. The van der Waals surface area contributed by atoms with Crippen molar-refractivity contribution < 1.29 is 8.42 Å². The SMILES string of the molecule is Cl.O=S(=O)(c1c(Cl)cc(Cl)cc1Cl)N1CCN(C2CCNC2)CC1. The topological polar surface area (TPSA) is 52.7 Å². The third-order valence-electron chi connectivity index (χ3n) is 4.38. The number of hydrogen-bond donors (Lipinski definition) is 1. The molecule has 1 N–H and O–H groups in total. The van der Waals surface area contributed by atoms with E-state index in [-0.39, 0.29) is 27.3 Å². The van der Waals surface area contributed by atoms with Crippen molar-refractivity contribution in [2.24, 2.45) is 0 Å². The van der Waals surface area contributed by atoms with Gasteiger partial charge in [0.1, 0.15) is 4.90 Å². The highest BCUT2D eigenvalue weighted by molar-refractivity contribution is 7.89. The Morgan fingerprint density at radius 3 is 2.12 bits per heavy atom. The molecule has 1 aromatic rings. The number of nitrogens with zero attached hydrogens (tertiary/aromatic N) is 2. The average Bonchev–Trinajstić information content (AvgIpc) is 3.00. The zero-order valence-electron chi connectivity index (χ0n) is 12.8. The van der Waals surface area contributed by atoms with E-state index >= 15 is 0 Å². The van der Waals surface area contributed by atoms with E-state index in [9.17, 15) is 8.42 Å². The van der Waals surface area contributed by atoms with E-state index in [0.717, 1.165) is 19.5 Å². The van der Waals surface area contributed by atoms with Gasteiger partial charge in [0.15, 0.2) is 0 Å². The van der Waals surface area contributed by atoms with Crippen LogP contribution in [-0.4, -0.2) is 62.9 Å². The highest BCUT2D eigenvalue weighted by Crippen LogP contribution is 2.35. The van der Waals surface area contributed by atoms with Crippen LogP contribution in [0.1, 0.15) is 6.42 Å². The van der Waals surface area contributed by atoms with Gasteiger partial charge in [0, 0.05) is 43.8 Å². The summed E-state index contributed by atoms with van der Waals surface area (Å²) < 4.78 is 27.2. The van der Waals surface area contributed by atoms with E-state index in [4.69, 9.17) is 34.8 Å². The Morgan fingerprint density at radius 1 is 1.04 bits per heavy atom. The molecule has 136 valence electrons.